The summed E-state index contributed by atoms with van der Waals surface area (Å²) in [7, 11) is 0. The number of benzene rings is 1. The third kappa shape index (κ3) is 2.65. The molecule has 1 amide bonds. The number of carbonyl (C=O) groups excluding carboxylic acids is 1. The van der Waals surface area contributed by atoms with E-state index >= 15 is 0 Å². The molecule has 2 N–H and O–H groups in total. The molecule has 0 spiro atoms. The first kappa shape index (κ1) is 13.7. The van der Waals surface area contributed by atoms with E-state index in [-0.39, 0.29) is 11.3 Å². The maximum atomic E-state index is 12.7. The van der Waals surface area contributed by atoms with Crippen LogP contribution >= 0.6 is 0 Å². The fourth-order valence-electron chi connectivity index (χ4n) is 2.51. The van der Waals surface area contributed by atoms with Crippen LogP contribution < -0.4 is 5.73 Å². The number of hydrogen-bond donors (Lipinski definition) is 1. The number of hydrogen-bond acceptors (Lipinski definition) is 2. The van der Waals surface area contributed by atoms with Gasteiger partial charge in [-0.15, -0.1) is 0 Å². The summed E-state index contributed by atoms with van der Waals surface area (Å²) in [5.74, 6) is 0.225. The van der Waals surface area contributed by atoms with E-state index in [2.05, 4.69) is 6.58 Å². The summed E-state index contributed by atoms with van der Waals surface area (Å²) in [6.45, 7) is 9.24. The number of nitrogens with two attached hydrogens (primary N) is 1. The van der Waals surface area contributed by atoms with E-state index in [9.17, 15) is 4.79 Å². The van der Waals surface area contributed by atoms with Crippen molar-refractivity contribution in [1.29, 1.82) is 0 Å². The number of anilines is 1. The molecule has 19 heavy (non-hydrogen) atoms. The molecule has 102 valence electrons. The Hall–Kier alpha value is -1.77. The molecule has 0 heterocycles. The molecule has 1 aliphatic carbocycles. The molecule has 2 rings (SSSR count). The second-order valence-electron chi connectivity index (χ2n) is 5.48. The quantitative estimate of drug-likeness (QED) is 0.652. The monoisotopic (exact) mass is 258 g/mol. The number of nitrogens with zero attached hydrogens (tertiary/aromatic N) is 1. The van der Waals surface area contributed by atoms with E-state index in [0.29, 0.717) is 6.54 Å². The molecule has 1 aliphatic rings. The van der Waals surface area contributed by atoms with Gasteiger partial charge in [0, 0.05) is 18.8 Å². The number of amides is 1. The summed E-state index contributed by atoms with van der Waals surface area (Å²) in [6, 6.07) is 7.71. The van der Waals surface area contributed by atoms with Crippen molar-refractivity contribution in [3.05, 3.63) is 42.0 Å². The molecule has 3 heteroatoms. The molecule has 0 unspecified atom stereocenters. The van der Waals surface area contributed by atoms with Gasteiger partial charge in [0.1, 0.15) is 0 Å². The van der Waals surface area contributed by atoms with Crippen molar-refractivity contribution in [3.8, 4) is 0 Å². The van der Waals surface area contributed by atoms with Crippen molar-refractivity contribution < 1.29 is 4.79 Å². The molecule has 0 aromatic heterocycles. The third-order valence-electron chi connectivity index (χ3n) is 3.75. The average Bonchev–Trinajstić information content (AvgIpc) is 3.17. The van der Waals surface area contributed by atoms with Crippen LogP contribution in [0.3, 0.4) is 0 Å². The Morgan fingerprint density at radius 2 is 1.95 bits per heavy atom. The number of likely N-dealkylation sites (N-methyl/N-ethyl adjacent to an activating group) is 1. The van der Waals surface area contributed by atoms with Gasteiger partial charge in [0.2, 0.25) is 5.91 Å². The molecule has 0 aliphatic heterocycles. The fraction of sp³-hybridized carbons (Fsp3) is 0.438. The summed E-state index contributed by atoms with van der Waals surface area (Å²) in [5.41, 5.74) is 8.25. The van der Waals surface area contributed by atoms with Crippen LogP contribution in [0.1, 0.15) is 32.3 Å². The Labute approximate surface area is 115 Å². The third-order valence-corrected chi connectivity index (χ3v) is 3.75. The molecule has 0 bridgehead atoms. The topological polar surface area (TPSA) is 46.3 Å². The van der Waals surface area contributed by atoms with Crippen molar-refractivity contribution in [2.24, 2.45) is 0 Å². The maximum absolute atomic E-state index is 12.7. The van der Waals surface area contributed by atoms with Crippen LogP contribution in [0.4, 0.5) is 5.69 Å². The lowest BCUT2D eigenvalue weighted by atomic mass is 9.94. The van der Waals surface area contributed by atoms with Gasteiger partial charge >= 0.3 is 0 Å². The van der Waals surface area contributed by atoms with Crippen LogP contribution in [0, 0.1) is 0 Å². The van der Waals surface area contributed by atoms with Crippen molar-refractivity contribution >= 4 is 11.6 Å². The summed E-state index contributed by atoms with van der Waals surface area (Å²) >= 11 is 0. The lowest BCUT2D eigenvalue weighted by Crippen LogP contribution is -2.40. The summed E-state index contributed by atoms with van der Waals surface area (Å²) < 4.78 is 0. The first-order valence-electron chi connectivity index (χ1n) is 6.79. The van der Waals surface area contributed by atoms with Gasteiger partial charge in [-0.05, 0) is 44.4 Å². The van der Waals surface area contributed by atoms with Gasteiger partial charge in [0.05, 0.1) is 5.41 Å². The molecule has 1 fully saturated rings. The molecule has 0 saturated heterocycles. The SMILES string of the molecule is C=C(C)CN(CC)C(=O)C1(c2ccc(N)cc2)CC1. The average molecular weight is 258 g/mol. The Morgan fingerprint density at radius 1 is 1.37 bits per heavy atom. The van der Waals surface area contributed by atoms with Crippen molar-refractivity contribution in [2.75, 3.05) is 18.8 Å². The predicted molar refractivity (Wildman–Crippen MR) is 78.8 cm³/mol. The maximum Gasteiger partial charge on any atom is 0.233 e. The zero-order valence-corrected chi connectivity index (χ0v) is 11.8. The highest BCUT2D eigenvalue weighted by Crippen LogP contribution is 2.49. The minimum atomic E-state index is -0.306. The van der Waals surface area contributed by atoms with Crippen LogP contribution in [-0.4, -0.2) is 23.9 Å². The summed E-state index contributed by atoms with van der Waals surface area (Å²) in [4.78, 5) is 14.6. The van der Waals surface area contributed by atoms with Crippen LogP contribution in [0.5, 0.6) is 0 Å². The van der Waals surface area contributed by atoms with Crippen LogP contribution in [0.25, 0.3) is 0 Å². The fourth-order valence-corrected chi connectivity index (χ4v) is 2.51. The van der Waals surface area contributed by atoms with Crippen molar-refractivity contribution in [3.63, 3.8) is 0 Å². The second-order valence-corrected chi connectivity index (χ2v) is 5.48. The largest absolute Gasteiger partial charge is 0.399 e. The normalized spacial score (nSPS) is 15.9. The number of nitrogen functional groups attached to an aromatic ring is 1. The molecule has 1 saturated carbocycles. The second kappa shape index (κ2) is 5.08. The van der Waals surface area contributed by atoms with Gasteiger partial charge in [-0.25, -0.2) is 0 Å². The molecule has 1 aromatic rings. The lowest BCUT2D eigenvalue weighted by molar-refractivity contribution is -0.133. The Balaban J connectivity index is 2.22. The Bertz CT molecular complexity index is 486. The van der Waals surface area contributed by atoms with E-state index in [4.69, 9.17) is 5.73 Å². The van der Waals surface area contributed by atoms with Gasteiger partial charge in [-0.1, -0.05) is 24.3 Å². The smallest absolute Gasteiger partial charge is 0.233 e. The van der Waals surface area contributed by atoms with Gasteiger partial charge < -0.3 is 10.6 Å². The highest BCUT2D eigenvalue weighted by molar-refractivity contribution is 5.91. The van der Waals surface area contributed by atoms with Gasteiger partial charge in [-0.3, -0.25) is 4.79 Å². The minimum absolute atomic E-state index is 0.225. The van der Waals surface area contributed by atoms with Crippen LogP contribution in [-0.2, 0) is 10.2 Å². The zero-order chi connectivity index (χ0) is 14.0. The van der Waals surface area contributed by atoms with E-state index in [1.165, 1.54) is 0 Å². The predicted octanol–water partition coefficient (Wildman–Crippen LogP) is 2.73. The number of rotatable bonds is 5. The Kier molecular flexibility index (Phi) is 3.65. The molecule has 0 radical (unpaired) electrons. The van der Waals surface area contributed by atoms with Crippen molar-refractivity contribution in [2.45, 2.75) is 32.1 Å². The summed E-state index contributed by atoms with van der Waals surface area (Å²) in [6.07, 6.45) is 1.87. The summed E-state index contributed by atoms with van der Waals surface area (Å²) in [5, 5.41) is 0. The zero-order valence-electron chi connectivity index (χ0n) is 11.8. The van der Waals surface area contributed by atoms with E-state index in [1.54, 1.807) is 0 Å². The van der Waals surface area contributed by atoms with E-state index in [0.717, 1.165) is 36.2 Å². The van der Waals surface area contributed by atoms with Gasteiger partial charge in [-0.2, -0.15) is 0 Å². The minimum Gasteiger partial charge on any atom is -0.399 e. The molecule has 1 aromatic carbocycles. The standard InChI is InChI=1S/C16H22N2O/c1-4-18(11-12(2)3)15(19)16(9-10-16)13-5-7-14(17)8-6-13/h5-8H,2,4,9-11,17H2,1,3H3. The lowest BCUT2D eigenvalue weighted by Gasteiger charge is -2.26. The molecular formula is C16H22N2O. The van der Waals surface area contributed by atoms with Crippen LogP contribution in [0.2, 0.25) is 0 Å². The molecule has 0 atom stereocenters. The van der Waals surface area contributed by atoms with Crippen molar-refractivity contribution in [1.82, 2.24) is 4.90 Å². The van der Waals surface area contributed by atoms with E-state index < -0.39 is 0 Å². The highest BCUT2D eigenvalue weighted by atomic mass is 16.2. The number of carbonyl (C=O) groups is 1. The van der Waals surface area contributed by atoms with Gasteiger partial charge in [0.15, 0.2) is 0 Å². The Morgan fingerprint density at radius 3 is 2.37 bits per heavy atom. The molecule has 3 nitrogen and oxygen atoms in total. The first-order valence-corrected chi connectivity index (χ1v) is 6.79. The van der Waals surface area contributed by atoms with Gasteiger partial charge in [0.25, 0.3) is 0 Å². The highest BCUT2D eigenvalue weighted by Gasteiger charge is 2.52. The van der Waals surface area contributed by atoms with E-state index in [1.807, 2.05) is 43.0 Å². The first-order chi connectivity index (χ1) is 8.99. The van der Waals surface area contributed by atoms with Crippen LogP contribution in [0.15, 0.2) is 36.4 Å². The molecular weight excluding hydrogens is 236 g/mol.